The summed E-state index contributed by atoms with van der Waals surface area (Å²) in [6.45, 7) is 5.75. The van der Waals surface area contributed by atoms with Crippen molar-refractivity contribution in [3.8, 4) is 0 Å². The number of rotatable bonds is 6. The first-order valence-electron chi connectivity index (χ1n) is 5.99. The first kappa shape index (κ1) is 13.5. The average molecular weight is 237 g/mol. The molecule has 3 nitrogen and oxygen atoms in total. The van der Waals surface area contributed by atoms with E-state index >= 15 is 0 Å². The Balaban J connectivity index is 2.92. The fraction of sp³-hybridized carbons (Fsp3) is 0.462. The van der Waals surface area contributed by atoms with Crippen LogP contribution in [0.4, 0.5) is 10.1 Å². The molecule has 0 radical (unpaired) electrons. The molecule has 0 unspecified atom stereocenters. The molecule has 0 saturated carbocycles. The Hall–Kier alpha value is -1.58. The van der Waals surface area contributed by atoms with Crippen LogP contribution in [0.3, 0.4) is 0 Å². The molecule has 0 fully saturated rings. The van der Waals surface area contributed by atoms with Gasteiger partial charge in [0.15, 0.2) is 0 Å². The molecule has 1 rings (SSSR count). The molecule has 3 N–H and O–H groups in total. The monoisotopic (exact) mass is 237 g/mol. The highest BCUT2D eigenvalue weighted by molar-refractivity contribution is 5.95. The second kappa shape index (κ2) is 6.23. The van der Waals surface area contributed by atoms with Gasteiger partial charge in [-0.25, -0.2) is 4.39 Å². The molecule has 4 heteroatoms. The molecule has 0 atom stereocenters. The lowest BCUT2D eigenvalue weighted by atomic mass is 10.1. The van der Waals surface area contributed by atoms with E-state index < -0.39 is 0 Å². The Morgan fingerprint density at radius 3 is 2.59 bits per heavy atom. The number of unbranched alkanes of at least 4 members (excludes halogenated alkanes) is 1. The quantitative estimate of drug-likeness (QED) is 0.590. The van der Waals surface area contributed by atoms with Crippen LogP contribution in [-0.2, 0) is 0 Å². The van der Waals surface area contributed by atoms with E-state index in [0.717, 1.165) is 25.9 Å². The molecule has 0 aliphatic carbocycles. The van der Waals surface area contributed by atoms with E-state index in [1.165, 1.54) is 6.07 Å². The van der Waals surface area contributed by atoms with E-state index in [1.54, 1.807) is 12.1 Å². The summed E-state index contributed by atoms with van der Waals surface area (Å²) in [5, 5.41) is 7.26. The first-order valence-corrected chi connectivity index (χ1v) is 5.99. The van der Waals surface area contributed by atoms with E-state index in [1.807, 2.05) is 11.8 Å². The number of nitrogens with zero attached hydrogens (tertiary/aromatic N) is 1. The van der Waals surface area contributed by atoms with Crippen molar-refractivity contribution in [1.82, 2.24) is 0 Å². The summed E-state index contributed by atoms with van der Waals surface area (Å²) in [5.41, 5.74) is 6.34. The van der Waals surface area contributed by atoms with Crippen LogP contribution in [0, 0.1) is 11.2 Å². The molecule has 0 aromatic heterocycles. The fourth-order valence-electron chi connectivity index (χ4n) is 1.73. The van der Waals surface area contributed by atoms with Crippen LogP contribution in [0.2, 0.25) is 0 Å². The van der Waals surface area contributed by atoms with Gasteiger partial charge in [0.2, 0.25) is 0 Å². The Bertz CT molecular complexity index is 390. The molecule has 1 aromatic rings. The van der Waals surface area contributed by atoms with Gasteiger partial charge in [-0.05, 0) is 31.5 Å². The maximum Gasteiger partial charge on any atom is 0.147 e. The lowest BCUT2D eigenvalue weighted by Gasteiger charge is -2.23. The highest BCUT2D eigenvalue weighted by Gasteiger charge is 2.10. The number of anilines is 1. The molecule has 17 heavy (non-hydrogen) atoms. The summed E-state index contributed by atoms with van der Waals surface area (Å²) in [5.74, 6) is -0.414. The number of nitrogens with one attached hydrogen (secondary N) is 1. The van der Waals surface area contributed by atoms with Crippen molar-refractivity contribution < 1.29 is 4.39 Å². The summed E-state index contributed by atoms with van der Waals surface area (Å²) in [6.07, 6.45) is 2.13. The van der Waals surface area contributed by atoms with Crippen LogP contribution in [0.25, 0.3) is 0 Å². The van der Waals surface area contributed by atoms with Crippen molar-refractivity contribution in [2.24, 2.45) is 5.73 Å². The van der Waals surface area contributed by atoms with Crippen LogP contribution in [0.5, 0.6) is 0 Å². The lowest BCUT2D eigenvalue weighted by molar-refractivity contribution is 0.613. The predicted molar refractivity (Wildman–Crippen MR) is 70.2 cm³/mol. The Kier molecular flexibility index (Phi) is 4.94. The maximum atomic E-state index is 13.9. The van der Waals surface area contributed by atoms with Crippen LogP contribution in [-0.4, -0.2) is 18.9 Å². The Morgan fingerprint density at radius 1 is 1.41 bits per heavy atom. The van der Waals surface area contributed by atoms with Crippen molar-refractivity contribution in [2.45, 2.75) is 26.7 Å². The summed E-state index contributed by atoms with van der Waals surface area (Å²) in [4.78, 5) is 2.00. The summed E-state index contributed by atoms with van der Waals surface area (Å²) >= 11 is 0. The zero-order chi connectivity index (χ0) is 12.8. The van der Waals surface area contributed by atoms with Crippen LogP contribution in [0.1, 0.15) is 32.3 Å². The molecule has 0 heterocycles. The van der Waals surface area contributed by atoms with Crippen molar-refractivity contribution in [1.29, 1.82) is 5.41 Å². The van der Waals surface area contributed by atoms with Gasteiger partial charge in [0.1, 0.15) is 11.7 Å². The van der Waals surface area contributed by atoms with Gasteiger partial charge in [-0.3, -0.25) is 5.41 Å². The largest absolute Gasteiger partial charge is 0.384 e. The molecule has 0 aliphatic rings. The topological polar surface area (TPSA) is 53.1 Å². The molecule has 0 aliphatic heterocycles. The first-order chi connectivity index (χ1) is 8.10. The minimum absolute atomic E-state index is 0.105. The number of hydrogen-bond donors (Lipinski definition) is 2. The van der Waals surface area contributed by atoms with Crippen LogP contribution in [0.15, 0.2) is 18.2 Å². The summed E-state index contributed by atoms with van der Waals surface area (Å²) in [7, 11) is 0. The van der Waals surface area contributed by atoms with Crippen LogP contribution < -0.4 is 10.6 Å². The van der Waals surface area contributed by atoms with Gasteiger partial charge < -0.3 is 10.6 Å². The second-order valence-corrected chi connectivity index (χ2v) is 4.01. The molecule has 94 valence electrons. The van der Waals surface area contributed by atoms with E-state index in [-0.39, 0.29) is 11.7 Å². The molecule has 0 amide bonds. The smallest absolute Gasteiger partial charge is 0.147 e. The van der Waals surface area contributed by atoms with Gasteiger partial charge in [0.25, 0.3) is 0 Å². The zero-order valence-electron chi connectivity index (χ0n) is 10.5. The fourth-order valence-corrected chi connectivity index (χ4v) is 1.73. The molecule has 1 aromatic carbocycles. The van der Waals surface area contributed by atoms with E-state index in [2.05, 4.69) is 6.92 Å². The van der Waals surface area contributed by atoms with Crippen molar-refractivity contribution in [2.75, 3.05) is 18.0 Å². The molecular weight excluding hydrogens is 217 g/mol. The Labute approximate surface area is 102 Å². The normalized spacial score (nSPS) is 10.3. The van der Waals surface area contributed by atoms with Crippen LogP contribution >= 0.6 is 0 Å². The highest BCUT2D eigenvalue weighted by atomic mass is 19.1. The van der Waals surface area contributed by atoms with Gasteiger partial charge >= 0.3 is 0 Å². The van der Waals surface area contributed by atoms with E-state index in [0.29, 0.717) is 11.3 Å². The van der Waals surface area contributed by atoms with Gasteiger partial charge in [-0.1, -0.05) is 13.3 Å². The van der Waals surface area contributed by atoms with Gasteiger partial charge in [0.05, 0.1) is 5.69 Å². The number of halogens is 1. The Morgan fingerprint density at radius 2 is 2.12 bits per heavy atom. The molecule has 0 bridgehead atoms. The van der Waals surface area contributed by atoms with Crippen molar-refractivity contribution >= 4 is 11.5 Å². The minimum Gasteiger partial charge on any atom is -0.384 e. The van der Waals surface area contributed by atoms with Gasteiger partial charge in [-0.2, -0.15) is 0 Å². The maximum absolute atomic E-state index is 13.9. The zero-order valence-corrected chi connectivity index (χ0v) is 10.5. The number of hydrogen-bond acceptors (Lipinski definition) is 2. The highest BCUT2D eigenvalue weighted by Crippen LogP contribution is 2.20. The molecule has 0 spiro atoms. The minimum atomic E-state index is -0.310. The number of nitrogens with two attached hydrogens (primary N) is 1. The third-order valence-corrected chi connectivity index (χ3v) is 2.76. The van der Waals surface area contributed by atoms with Gasteiger partial charge in [-0.15, -0.1) is 0 Å². The number of amidine groups is 1. The lowest BCUT2D eigenvalue weighted by Crippen LogP contribution is -2.25. The van der Waals surface area contributed by atoms with E-state index in [4.69, 9.17) is 11.1 Å². The third-order valence-electron chi connectivity index (χ3n) is 2.76. The third kappa shape index (κ3) is 3.44. The number of benzene rings is 1. The number of nitrogen functional groups attached to an aromatic ring is 1. The average Bonchev–Trinajstić information content (AvgIpc) is 2.31. The standard InChI is InChI=1S/C13H20FN3/c1-3-5-8-17(4-2)12-7-6-10(13(15)16)9-11(12)14/h6-7,9H,3-5,8H2,1-2H3,(H3,15,16). The van der Waals surface area contributed by atoms with E-state index in [9.17, 15) is 4.39 Å². The van der Waals surface area contributed by atoms with Crippen molar-refractivity contribution in [3.05, 3.63) is 29.6 Å². The van der Waals surface area contributed by atoms with Crippen molar-refractivity contribution in [3.63, 3.8) is 0 Å². The second-order valence-electron chi connectivity index (χ2n) is 4.01. The summed E-state index contributed by atoms with van der Waals surface area (Å²) in [6, 6.07) is 4.72. The summed E-state index contributed by atoms with van der Waals surface area (Å²) < 4.78 is 13.9. The molecular formula is C13H20FN3. The molecule has 0 saturated heterocycles. The SMILES string of the molecule is CCCCN(CC)c1ccc(C(=N)N)cc1F. The van der Waals surface area contributed by atoms with Gasteiger partial charge in [0, 0.05) is 18.7 Å². The predicted octanol–water partition coefficient (Wildman–Crippen LogP) is 2.74.